The third-order valence-electron chi connectivity index (χ3n) is 4.34. The second kappa shape index (κ2) is 6.48. The molecule has 0 radical (unpaired) electrons. The molecule has 1 unspecified atom stereocenters. The number of allylic oxidation sites excluding steroid dienone is 1. The maximum absolute atomic E-state index is 6.09. The van der Waals surface area contributed by atoms with E-state index in [2.05, 4.69) is 49.5 Å². The van der Waals surface area contributed by atoms with Crippen LogP contribution in [-0.4, -0.2) is 6.54 Å². The van der Waals surface area contributed by atoms with Gasteiger partial charge in [0, 0.05) is 5.39 Å². The Balaban J connectivity index is 1.85. The summed E-state index contributed by atoms with van der Waals surface area (Å²) in [6.45, 7) is 5.25. The van der Waals surface area contributed by atoms with Gasteiger partial charge < -0.3 is 9.73 Å². The monoisotopic (exact) mass is 283 g/mol. The summed E-state index contributed by atoms with van der Waals surface area (Å²) < 4.78 is 6.09. The van der Waals surface area contributed by atoms with Gasteiger partial charge in [0.2, 0.25) is 0 Å². The van der Waals surface area contributed by atoms with E-state index in [9.17, 15) is 0 Å². The molecule has 1 aromatic carbocycles. The third kappa shape index (κ3) is 3.38. The Hall–Kier alpha value is -1.54. The van der Waals surface area contributed by atoms with Crippen molar-refractivity contribution in [1.82, 2.24) is 5.32 Å². The average molecular weight is 283 g/mol. The zero-order valence-electron chi connectivity index (χ0n) is 13.1. The molecule has 0 amide bonds. The van der Waals surface area contributed by atoms with Gasteiger partial charge in [0.1, 0.15) is 11.3 Å². The van der Waals surface area contributed by atoms with E-state index in [1.807, 2.05) is 0 Å². The second-order valence-corrected chi connectivity index (χ2v) is 6.11. The van der Waals surface area contributed by atoms with E-state index in [0.29, 0.717) is 6.04 Å². The van der Waals surface area contributed by atoms with Crippen molar-refractivity contribution in [3.63, 3.8) is 0 Å². The number of hydrogen-bond acceptors (Lipinski definition) is 2. The maximum atomic E-state index is 6.09. The summed E-state index contributed by atoms with van der Waals surface area (Å²) in [5.41, 5.74) is 3.87. The molecule has 0 bridgehead atoms. The summed E-state index contributed by atoms with van der Waals surface area (Å²) in [6, 6.07) is 8.90. The molecule has 112 valence electrons. The van der Waals surface area contributed by atoms with Crippen LogP contribution in [0.15, 0.2) is 40.3 Å². The van der Waals surface area contributed by atoms with E-state index in [1.54, 1.807) is 5.57 Å². The van der Waals surface area contributed by atoms with Crippen LogP contribution in [0.5, 0.6) is 0 Å². The van der Waals surface area contributed by atoms with E-state index in [1.165, 1.54) is 36.6 Å². The van der Waals surface area contributed by atoms with Crippen LogP contribution in [0.25, 0.3) is 11.0 Å². The van der Waals surface area contributed by atoms with Crippen LogP contribution in [0.4, 0.5) is 0 Å². The Morgan fingerprint density at radius 2 is 2.14 bits per heavy atom. The summed E-state index contributed by atoms with van der Waals surface area (Å²) in [5.74, 6) is 1.07. The highest BCUT2D eigenvalue weighted by Crippen LogP contribution is 2.31. The van der Waals surface area contributed by atoms with Crippen LogP contribution in [0.3, 0.4) is 0 Å². The van der Waals surface area contributed by atoms with E-state index >= 15 is 0 Å². The minimum atomic E-state index is 0.298. The summed E-state index contributed by atoms with van der Waals surface area (Å²) in [4.78, 5) is 0. The lowest BCUT2D eigenvalue weighted by atomic mass is 9.93. The minimum absolute atomic E-state index is 0.298. The summed E-state index contributed by atoms with van der Waals surface area (Å²) >= 11 is 0. The Bertz CT molecular complexity index is 638. The van der Waals surface area contributed by atoms with E-state index in [-0.39, 0.29) is 0 Å². The molecule has 0 spiro atoms. The number of furan rings is 1. The van der Waals surface area contributed by atoms with Crippen molar-refractivity contribution in [3.05, 3.63) is 47.2 Å². The Kier molecular flexibility index (Phi) is 4.45. The first-order valence-electron chi connectivity index (χ1n) is 8.17. The molecule has 1 aliphatic carbocycles. The average Bonchev–Trinajstić information content (AvgIpc) is 2.91. The smallest absolute Gasteiger partial charge is 0.134 e. The van der Waals surface area contributed by atoms with Crippen LogP contribution in [0.2, 0.25) is 0 Å². The molecule has 1 aliphatic rings. The summed E-state index contributed by atoms with van der Waals surface area (Å²) in [5, 5.41) is 4.80. The zero-order valence-corrected chi connectivity index (χ0v) is 13.1. The van der Waals surface area contributed by atoms with E-state index < -0.39 is 0 Å². The maximum Gasteiger partial charge on any atom is 0.134 e. The van der Waals surface area contributed by atoms with Crippen LogP contribution < -0.4 is 5.32 Å². The van der Waals surface area contributed by atoms with Gasteiger partial charge in [0.25, 0.3) is 0 Å². The van der Waals surface area contributed by atoms with E-state index in [0.717, 1.165) is 24.3 Å². The lowest BCUT2D eigenvalue weighted by Gasteiger charge is -2.19. The highest BCUT2D eigenvalue weighted by atomic mass is 16.3. The molecule has 1 aromatic heterocycles. The van der Waals surface area contributed by atoms with Crippen molar-refractivity contribution in [3.8, 4) is 0 Å². The SMILES string of the molecule is CCNC(CC1=CCCCC1)c1cc2cc(C)ccc2o1. The molecule has 21 heavy (non-hydrogen) atoms. The Morgan fingerprint density at radius 1 is 1.24 bits per heavy atom. The molecule has 0 fully saturated rings. The molecule has 1 atom stereocenters. The molecular weight excluding hydrogens is 258 g/mol. The molecule has 1 heterocycles. The van der Waals surface area contributed by atoms with Crippen LogP contribution in [0, 0.1) is 6.92 Å². The number of fused-ring (bicyclic) bond motifs is 1. The lowest BCUT2D eigenvalue weighted by molar-refractivity contribution is 0.428. The molecule has 2 nitrogen and oxygen atoms in total. The molecule has 2 aromatic rings. The van der Waals surface area contributed by atoms with Gasteiger partial charge in [-0.15, -0.1) is 0 Å². The van der Waals surface area contributed by atoms with Crippen LogP contribution >= 0.6 is 0 Å². The topological polar surface area (TPSA) is 25.2 Å². The minimum Gasteiger partial charge on any atom is -0.459 e. The van der Waals surface area contributed by atoms with Gasteiger partial charge in [-0.1, -0.05) is 30.2 Å². The fourth-order valence-electron chi connectivity index (χ4n) is 3.23. The first-order valence-corrected chi connectivity index (χ1v) is 8.17. The largest absolute Gasteiger partial charge is 0.459 e. The van der Waals surface area contributed by atoms with Crippen molar-refractivity contribution >= 4 is 11.0 Å². The molecule has 0 saturated carbocycles. The zero-order chi connectivity index (χ0) is 14.7. The van der Waals surface area contributed by atoms with Gasteiger partial charge in [-0.2, -0.15) is 0 Å². The van der Waals surface area contributed by atoms with Crippen molar-refractivity contribution in [2.45, 2.75) is 52.0 Å². The van der Waals surface area contributed by atoms with Crippen LogP contribution in [-0.2, 0) is 0 Å². The third-order valence-corrected chi connectivity index (χ3v) is 4.34. The molecule has 0 aliphatic heterocycles. The van der Waals surface area contributed by atoms with E-state index in [4.69, 9.17) is 4.42 Å². The molecular formula is C19H25NO. The molecule has 0 saturated heterocycles. The number of rotatable bonds is 5. The highest BCUT2D eigenvalue weighted by molar-refractivity contribution is 5.78. The number of hydrogen-bond donors (Lipinski definition) is 1. The summed E-state index contributed by atoms with van der Waals surface area (Å²) in [6.07, 6.45) is 8.69. The van der Waals surface area contributed by atoms with Crippen molar-refractivity contribution in [2.75, 3.05) is 6.54 Å². The van der Waals surface area contributed by atoms with Gasteiger partial charge in [-0.3, -0.25) is 0 Å². The number of benzene rings is 1. The van der Waals surface area contributed by atoms with Crippen molar-refractivity contribution in [2.24, 2.45) is 0 Å². The Labute approximate surface area is 127 Å². The van der Waals surface area contributed by atoms with Crippen LogP contribution in [0.1, 0.15) is 56.4 Å². The fourth-order valence-corrected chi connectivity index (χ4v) is 3.23. The van der Waals surface area contributed by atoms with Crippen molar-refractivity contribution in [1.29, 1.82) is 0 Å². The quantitative estimate of drug-likeness (QED) is 0.755. The second-order valence-electron chi connectivity index (χ2n) is 6.11. The first-order chi connectivity index (χ1) is 10.3. The predicted octanol–water partition coefficient (Wildman–Crippen LogP) is 5.28. The van der Waals surface area contributed by atoms with Gasteiger partial charge in [-0.05, 0) is 63.8 Å². The predicted molar refractivity (Wildman–Crippen MR) is 88.5 cm³/mol. The number of aryl methyl sites for hydroxylation is 1. The van der Waals surface area contributed by atoms with Crippen molar-refractivity contribution < 1.29 is 4.42 Å². The van der Waals surface area contributed by atoms with Gasteiger partial charge in [-0.25, -0.2) is 0 Å². The first kappa shape index (κ1) is 14.4. The molecule has 2 heteroatoms. The normalized spacial score (nSPS) is 17.0. The Morgan fingerprint density at radius 3 is 2.90 bits per heavy atom. The van der Waals surface area contributed by atoms with Gasteiger partial charge >= 0.3 is 0 Å². The van der Waals surface area contributed by atoms with Gasteiger partial charge in [0.05, 0.1) is 6.04 Å². The lowest BCUT2D eigenvalue weighted by Crippen LogP contribution is -2.21. The fraction of sp³-hybridized carbons (Fsp3) is 0.474. The molecule has 1 N–H and O–H groups in total. The standard InChI is InChI=1S/C19H25NO/c1-3-20-17(12-15-7-5-4-6-8-15)19-13-16-11-14(2)9-10-18(16)21-19/h7,9-11,13,17,20H,3-6,8,12H2,1-2H3. The van der Waals surface area contributed by atoms with Gasteiger partial charge in [0.15, 0.2) is 0 Å². The molecule has 3 rings (SSSR count). The number of nitrogens with one attached hydrogen (secondary N) is 1. The highest BCUT2D eigenvalue weighted by Gasteiger charge is 2.18. The summed E-state index contributed by atoms with van der Waals surface area (Å²) in [7, 11) is 0.